The van der Waals surface area contributed by atoms with Gasteiger partial charge in [-0.3, -0.25) is 4.90 Å². The van der Waals surface area contributed by atoms with Gasteiger partial charge in [0.05, 0.1) is 12.7 Å². The van der Waals surface area contributed by atoms with Crippen molar-refractivity contribution in [1.29, 1.82) is 5.26 Å². The van der Waals surface area contributed by atoms with Crippen LogP contribution in [0.2, 0.25) is 0 Å². The molecule has 0 atom stereocenters. The van der Waals surface area contributed by atoms with Crippen molar-refractivity contribution in [1.82, 2.24) is 4.90 Å². The Morgan fingerprint density at radius 3 is 2.70 bits per heavy atom. The van der Waals surface area contributed by atoms with Gasteiger partial charge in [-0.1, -0.05) is 19.9 Å². The monoisotopic (exact) mass is 272 g/mol. The third-order valence-corrected chi connectivity index (χ3v) is 3.83. The fraction of sp³-hybridized carbons (Fsp3) is 0.588. The highest BCUT2D eigenvalue weighted by atomic mass is 16.5. The third-order valence-electron chi connectivity index (χ3n) is 3.83. The van der Waals surface area contributed by atoms with Crippen LogP contribution in [-0.4, -0.2) is 24.6 Å². The molecule has 1 aliphatic carbocycles. The molecule has 1 fully saturated rings. The molecule has 0 aromatic heterocycles. The van der Waals surface area contributed by atoms with Crippen molar-refractivity contribution in [3.05, 3.63) is 29.3 Å². The molecule has 0 radical (unpaired) electrons. The van der Waals surface area contributed by atoms with Gasteiger partial charge in [0.2, 0.25) is 0 Å². The van der Waals surface area contributed by atoms with Crippen molar-refractivity contribution in [3.63, 3.8) is 0 Å². The zero-order valence-corrected chi connectivity index (χ0v) is 12.7. The van der Waals surface area contributed by atoms with Gasteiger partial charge in [-0.05, 0) is 49.4 Å². The number of ether oxygens (including phenoxy) is 1. The molecule has 0 amide bonds. The first kappa shape index (κ1) is 14.9. The lowest BCUT2D eigenvalue weighted by Gasteiger charge is -2.23. The molecule has 0 bridgehead atoms. The zero-order valence-electron chi connectivity index (χ0n) is 12.7. The Morgan fingerprint density at radius 2 is 2.15 bits per heavy atom. The number of nitriles is 1. The maximum atomic E-state index is 9.16. The summed E-state index contributed by atoms with van der Waals surface area (Å²) in [6.45, 7) is 6.63. The minimum atomic E-state index is 0.629. The fourth-order valence-corrected chi connectivity index (χ4v) is 2.43. The molecule has 0 heterocycles. The molecule has 20 heavy (non-hydrogen) atoms. The number of nitrogens with zero attached hydrogens (tertiary/aromatic N) is 2. The molecular weight excluding hydrogens is 248 g/mol. The van der Waals surface area contributed by atoms with Gasteiger partial charge in [0.25, 0.3) is 0 Å². The molecule has 3 heteroatoms. The van der Waals surface area contributed by atoms with Crippen molar-refractivity contribution in [2.24, 2.45) is 5.92 Å². The Balaban J connectivity index is 2.04. The summed E-state index contributed by atoms with van der Waals surface area (Å²) >= 11 is 0. The van der Waals surface area contributed by atoms with Gasteiger partial charge in [0.1, 0.15) is 11.8 Å². The summed E-state index contributed by atoms with van der Waals surface area (Å²) < 4.78 is 5.20. The Bertz CT molecular complexity index is 486. The van der Waals surface area contributed by atoms with E-state index in [1.54, 1.807) is 7.11 Å². The van der Waals surface area contributed by atoms with E-state index in [1.165, 1.54) is 24.8 Å². The molecule has 3 nitrogen and oxygen atoms in total. The third kappa shape index (κ3) is 3.98. The molecule has 0 spiro atoms. The SMILES string of the molecule is COc1ccc(CN(CCC(C)C)C2CC2)cc1C#N. The quantitative estimate of drug-likeness (QED) is 0.761. The minimum absolute atomic E-state index is 0.629. The van der Waals surface area contributed by atoms with E-state index in [-0.39, 0.29) is 0 Å². The smallest absolute Gasteiger partial charge is 0.136 e. The summed E-state index contributed by atoms with van der Waals surface area (Å²) in [6.07, 6.45) is 3.87. The van der Waals surface area contributed by atoms with Crippen molar-refractivity contribution in [3.8, 4) is 11.8 Å². The van der Waals surface area contributed by atoms with Crippen LogP contribution >= 0.6 is 0 Å². The lowest BCUT2D eigenvalue weighted by atomic mass is 10.1. The molecular formula is C17H24N2O. The summed E-state index contributed by atoms with van der Waals surface area (Å²) in [5.74, 6) is 1.40. The standard InChI is InChI=1S/C17H24N2O/c1-13(2)8-9-19(16-5-6-16)12-14-4-7-17(20-3)15(10-14)11-18/h4,7,10,13,16H,5-6,8-9,12H2,1-3H3. The van der Waals surface area contributed by atoms with Gasteiger partial charge in [0, 0.05) is 12.6 Å². The average Bonchev–Trinajstić information content (AvgIpc) is 3.27. The van der Waals surface area contributed by atoms with Crippen LogP contribution in [0.5, 0.6) is 5.75 Å². The van der Waals surface area contributed by atoms with Crippen LogP contribution in [0, 0.1) is 17.2 Å². The Labute approximate surface area is 122 Å². The Kier molecular flexibility index (Phi) is 5.03. The van der Waals surface area contributed by atoms with Gasteiger partial charge in [-0.15, -0.1) is 0 Å². The summed E-state index contributed by atoms with van der Waals surface area (Å²) in [4.78, 5) is 2.56. The van der Waals surface area contributed by atoms with Crippen molar-refractivity contribution >= 4 is 0 Å². The Hall–Kier alpha value is -1.53. The van der Waals surface area contributed by atoms with Gasteiger partial charge in [0.15, 0.2) is 0 Å². The van der Waals surface area contributed by atoms with Crippen molar-refractivity contribution < 1.29 is 4.74 Å². The summed E-state index contributed by atoms with van der Waals surface area (Å²) in [7, 11) is 1.61. The van der Waals surface area contributed by atoms with E-state index in [2.05, 4.69) is 30.9 Å². The minimum Gasteiger partial charge on any atom is -0.495 e. The van der Waals surface area contributed by atoms with Crippen LogP contribution in [0.3, 0.4) is 0 Å². The highest BCUT2D eigenvalue weighted by Crippen LogP contribution is 2.29. The molecule has 108 valence electrons. The second-order valence-corrected chi connectivity index (χ2v) is 6.03. The zero-order chi connectivity index (χ0) is 14.5. The van der Waals surface area contributed by atoms with Crippen LogP contribution in [0.4, 0.5) is 0 Å². The first-order valence-electron chi connectivity index (χ1n) is 7.45. The fourth-order valence-electron chi connectivity index (χ4n) is 2.43. The lowest BCUT2D eigenvalue weighted by Crippen LogP contribution is -2.27. The van der Waals surface area contributed by atoms with E-state index >= 15 is 0 Å². The number of rotatable bonds is 7. The van der Waals surface area contributed by atoms with Crippen LogP contribution in [0.25, 0.3) is 0 Å². The largest absolute Gasteiger partial charge is 0.495 e. The summed E-state index contributed by atoms with van der Waals surface area (Å²) in [5, 5.41) is 9.16. The highest BCUT2D eigenvalue weighted by Gasteiger charge is 2.28. The molecule has 0 saturated heterocycles. The molecule has 0 N–H and O–H groups in total. The van der Waals surface area contributed by atoms with Gasteiger partial charge < -0.3 is 4.74 Å². The van der Waals surface area contributed by atoms with Gasteiger partial charge in [-0.25, -0.2) is 0 Å². The van der Waals surface area contributed by atoms with E-state index in [1.807, 2.05) is 12.1 Å². The predicted molar refractivity (Wildman–Crippen MR) is 80.6 cm³/mol. The summed E-state index contributed by atoms with van der Waals surface area (Å²) in [5.41, 5.74) is 1.84. The van der Waals surface area contributed by atoms with Crippen molar-refractivity contribution in [2.45, 2.75) is 45.7 Å². The number of hydrogen-bond donors (Lipinski definition) is 0. The molecule has 1 aliphatic rings. The second kappa shape index (κ2) is 6.76. The first-order chi connectivity index (χ1) is 9.63. The van der Waals surface area contributed by atoms with Gasteiger partial charge >= 0.3 is 0 Å². The average molecular weight is 272 g/mol. The number of benzene rings is 1. The highest BCUT2D eigenvalue weighted by molar-refractivity contribution is 5.45. The number of methoxy groups -OCH3 is 1. The normalized spacial score (nSPS) is 14.6. The van der Waals surface area contributed by atoms with E-state index in [9.17, 15) is 0 Å². The lowest BCUT2D eigenvalue weighted by molar-refractivity contribution is 0.239. The maximum absolute atomic E-state index is 9.16. The van der Waals surface area contributed by atoms with Gasteiger partial charge in [-0.2, -0.15) is 5.26 Å². The van der Waals surface area contributed by atoms with E-state index in [0.717, 1.165) is 25.0 Å². The van der Waals surface area contributed by atoms with Crippen LogP contribution in [0.15, 0.2) is 18.2 Å². The second-order valence-electron chi connectivity index (χ2n) is 6.03. The van der Waals surface area contributed by atoms with E-state index in [0.29, 0.717) is 11.3 Å². The number of hydrogen-bond acceptors (Lipinski definition) is 3. The maximum Gasteiger partial charge on any atom is 0.136 e. The van der Waals surface area contributed by atoms with Crippen LogP contribution < -0.4 is 4.74 Å². The molecule has 0 unspecified atom stereocenters. The molecule has 1 aromatic carbocycles. The Morgan fingerprint density at radius 1 is 1.40 bits per heavy atom. The molecule has 0 aliphatic heterocycles. The van der Waals surface area contributed by atoms with Crippen molar-refractivity contribution in [2.75, 3.05) is 13.7 Å². The van der Waals surface area contributed by atoms with E-state index < -0.39 is 0 Å². The van der Waals surface area contributed by atoms with Crippen LogP contribution in [-0.2, 0) is 6.54 Å². The first-order valence-corrected chi connectivity index (χ1v) is 7.45. The molecule has 1 saturated carbocycles. The topological polar surface area (TPSA) is 36.3 Å². The molecule has 1 aromatic rings. The van der Waals surface area contributed by atoms with E-state index in [4.69, 9.17) is 10.00 Å². The summed E-state index contributed by atoms with van der Waals surface area (Å²) in [6, 6.07) is 8.90. The van der Waals surface area contributed by atoms with Crippen LogP contribution in [0.1, 0.15) is 44.2 Å². The molecule has 2 rings (SSSR count). The predicted octanol–water partition coefficient (Wildman–Crippen LogP) is 3.58.